The number of aliphatic carboxylic acids is 1. The van der Waals surface area contributed by atoms with Gasteiger partial charge in [-0.3, -0.25) is 14.9 Å². The van der Waals surface area contributed by atoms with Gasteiger partial charge in [0.1, 0.15) is 6.04 Å². The lowest BCUT2D eigenvalue weighted by atomic mass is 9.95. The van der Waals surface area contributed by atoms with Crippen molar-refractivity contribution in [3.05, 3.63) is 70.3 Å². The molecule has 8 heteroatoms. The van der Waals surface area contributed by atoms with Crippen LogP contribution in [-0.4, -0.2) is 16.0 Å². The minimum atomic E-state index is -1.39. The van der Waals surface area contributed by atoms with Crippen molar-refractivity contribution in [3.8, 4) is 6.07 Å². The predicted octanol–water partition coefficient (Wildman–Crippen LogP) is 3.64. The molecule has 0 aliphatic rings. The number of non-ortho nitro benzene ring substituents is 1. The molecule has 24 heavy (non-hydrogen) atoms. The molecule has 0 fully saturated rings. The van der Waals surface area contributed by atoms with E-state index in [0.717, 1.165) is 0 Å². The van der Waals surface area contributed by atoms with Gasteiger partial charge in [-0.1, -0.05) is 30.3 Å². The summed E-state index contributed by atoms with van der Waals surface area (Å²) in [5.41, 5.74) is 0.773. The van der Waals surface area contributed by atoms with Crippen LogP contribution < -0.4 is 0 Å². The number of carboxylic acids is 1. The highest BCUT2D eigenvalue weighted by molar-refractivity contribution is 5.74. The van der Waals surface area contributed by atoms with Crippen LogP contribution in [0.1, 0.15) is 11.6 Å². The molecule has 0 aliphatic heterocycles. The number of azo groups is 1. The number of benzene rings is 2. The van der Waals surface area contributed by atoms with Gasteiger partial charge in [-0.05, 0) is 17.7 Å². The van der Waals surface area contributed by atoms with Crippen molar-refractivity contribution in [2.75, 3.05) is 0 Å². The first kappa shape index (κ1) is 16.8. The number of rotatable bonds is 6. The molecule has 2 atom stereocenters. The number of hydrogen-bond acceptors (Lipinski definition) is 6. The second-order valence-corrected chi connectivity index (χ2v) is 4.79. The number of nitro benzene ring substituents is 1. The van der Waals surface area contributed by atoms with Gasteiger partial charge in [-0.2, -0.15) is 15.5 Å². The molecule has 1 N–H and O–H groups in total. The maximum Gasteiger partial charge on any atom is 0.323 e. The van der Waals surface area contributed by atoms with E-state index in [0.29, 0.717) is 11.3 Å². The molecule has 120 valence electrons. The van der Waals surface area contributed by atoms with Crippen LogP contribution in [0.2, 0.25) is 0 Å². The zero-order chi connectivity index (χ0) is 17.5. The molecular weight excluding hydrogens is 312 g/mol. The van der Waals surface area contributed by atoms with Crippen LogP contribution in [0.4, 0.5) is 11.4 Å². The van der Waals surface area contributed by atoms with Crippen LogP contribution in [0.5, 0.6) is 0 Å². The molecule has 2 unspecified atom stereocenters. The van der Waals surface area contributed by atoms with Gasteiger partial charge in [0.2, 0.25) is 0 Å². The number of nitro groups is 1. The Kier molecular flexibility index (Phi) is 5.31. The summed E-state index contributed by atoms with van der Waals surface area (Å²) in [6.07, 6.45) is 0. The molecule has 2 aromatic rings. The van der Waals surface area contributed by atoms with E-state index in [4.69, 9.17) is 5.26 Å². The summed E-state index contributed by atoms with van der Waals surface area (Å²) in [7, 11) is 0. The molecule has 0 aliphatic carbocycles. The Bertz CT molecular complexity index is 797. The number of nitrogens with zero attached hydrogens (tertiary/aromatic N) is 4. The number of nitriles is 1. The first-order valence-corrected chi connectivity index (χ1v) is 6.85. The van der Waals surface area contributed by atoms with Gasteiger partial charge in [0.15, 0.2) is 5.92 Å². The van der Waals surface area contributed by atoms with Gasteiger partial charge in [-0.25, -0.2) is 0 Å². The van der Waals surface area contributed by atoms with Crippen molar-refractivity contribution in [2.45, 2.75) is 6.04 Å². The van der Waals surface area contributed by atoms with Gasteiger partial charge < -0.3 is 5.11 Å². The summed E-state index contributed by atoms with van der Waals surface area (Å²) in [5, 5.41) is 36.8. The van der Waals surface area contributed by atoms with Crippen molar-refractivity contribution in [3.63, 3.8) is 0 Å². The van der Waals surface area contributed by atoms with Gasteiger partial charge >= 0.3 is 5.97 Å². The molecule has 0 heterocycles. The highest BCUT2D eigenvalue weighted by Gasteiger charge is 2.29. The predicted molar refractivity (Wildman–Crippen MR) is 83.5 cm³/mol. The summed E-state index contributed by atoms with van der Waals surface area (Å²) in [4.78, 5) is 21.4. The monoisotopic (exact) mass is 324 g/mol. The van der Waals surface area contributed by atoms with E-state index in [9.17, 15) is 20.0 Å². The summed E-state index contributed by atoms with van der Waals surface area (Å²) < 4.78 is 0. The third kappa shape index (κ3) is 3.98. The molecule has 0 amide bonds. The average molecular weight is 324 g/mol. The van der Waals surface area contributed by atoms with Crippen molar-refractivity contribution >= 4 is 17.3 Å². The third-order valence-electron chi connectivity index (χ3n) is 3.22. The Morgan fingerprint density at radius 3 is 2.29 bits per heavy atom. The standard InChI is InChI=1S/C16H12N4O4/c17-10-14(16(21)22)15(11-4-2-1-3-5-11)19-18-12-6-8-13(9-7-12)20(23)24/h1-9,14-15H,(H,21,22). The SMILES string of the molecule is N#CC(C(=O)O)C(N=Nc1ccc([N+](=O)[O-])cc1)c1ccccc1. The van der Waals surface area contributed by atoms with Crippen LogP contribution >= 0.6 is 0 Å². The minimum absolute atomic E-state index is 0.0889. The Labute approximate surface area is 136 Å². The van der Waals surface area contributed by atoms with E-state index in [2.05, 4.69) is 10.2 Å². The number of hydrogen-bond donors (Lipinski definition) is 1. The van der Waals surface area contributed by atoms with Gasteiger partial charge in [-0.15, -0.1) is 0 Å². The Balaban J connectivity index is 2.33. The highest BCUT2D eigenvalue weighted by Crippen LogP contribution is 2.28. The van der Waals surface area contributed by atoms with Gasteiger partial charge in [0.05, 0.1) is 16.7 Å². The third-order valence-corrected chi connectivity index (χ3v) is 3.22. The first-order valence-electron chi connectivity index (χ1n) is 6.85. The van der Waals surface area contributed by atoms with Crippen molar-refractivity contribution in [1.29, 1.82) is 5.26 Å². The number of carboxylic acid groups (broad SMARTS) is 1. The number of carbonyl (C=O) groups is 1. The lowest BCUT2D eigenvalue weighted by Crippen LogP contribution is -2.19. The molecule has 8 nitrogen and oxygen atoms in total. The van der Waals surface area contributed by atoms with E-state index in [1.54, 1.807) is 36.4 Å². The fourth-order valence-corrected chi connectivity index (χ4v) is 2.01. The maximum atomic E-state index is 11.3. The second kappa shape index (κ2) is 7.60. The molecule has 2 aromatic carbocycles. The van der Waals surface area contributed by atoms with Crippen LogP contribution in [0.3, 0.4) is 0 Å². The van der Waals surface area contributed by atoms with Crippen LogP contribution in [0, 0.1) is 27.4 Å². The summed E-state index contributed by atoms with van der Waals surface area (Å²) in [5.74, 6) is -2.69. The van der Waals surface area contributed by atoms with Crippen LogP contribution in [-0.2, 0) is 4.79 Å². The molecule has 0 saturated heterocycles. The lowest BCUT2D eigenvalue weighted by molar-refractivity contribution is -0.384. The second-order valence-electron chi connectivity index (χ2n) is 4.79. The van der Waals surface area contributed by atoms with E-state index >= 15 is 0 Å². The smallest absolute Gasteiger partial charge is 0.323 e. The van der Waals surface area contributed by atoms with Gasteiger partial charge in [0, 0.05) is 12.1 Å². The largest absolute Gasteiger partial charge is 0.480 e. The molecule has 0 bridgehead atoms. The van der Waals surface area contributed by atoms with E-state index in [1.807, 2.05) is 0 Å². The summed E-state index contributed by atoms with van der Waals surface area (Å²) >= 11 is 0. The Morgan fingerprint density at radius 1 is 1.17 bits per heavy atom. The Hall–Kier alpha value is -3.60. The van der Waals surface area contributed by atoms with E-state index in [1.165, 1.54) is 24.3 Å². The first-order chi connectivity index (χ1) is 11.5. The summed E-state index contributed by atoms with van der Waals surface area (Å²) in [6.45, 7) is 0. The van der Waals surface area contributed by atoms with Crippen molar-refractivity contribution in [2.24, 2.45) is 16.1 Å². The normalized spacial score (nSPS) is 13.1. The van der Waals surface area contributed by atoms with Crippen molar-refractivity contribution < 1.29 is 14.8 Å². The fourth-order valence-electron chi connectivity index (χ4n) is 2.01. The minimum Gasteiger partial charge on any atom is -0.480 e. The maximum absolute atomic E-state index is 11.3. The molecule has 2 rings (SSSR count). The zero-order valence-electron chi connectivity index (χ0n) is 12.3. The fraction of sp³-hybridized carbons (Fsp3) is 0.125. The molecular formula is C16H12N4O4. The molecule has 0 saturated carbocycles. The topological polar surface area (TPSA) is 129 Å². The molecule has 0 radical (unpaired) electrons. The van der Waals surface area contributed by atoms with Crippen molar-refractivity contribution in [1.82, 2.24) is 0 Å². The molecule has 0 aromatic heterocycles. The molecule has 0 spiro atoms. The van der Waals surface area contributed by atoms with E-state index < -0.39 is 22.9 Å². The van der Waals surface area contributed by atoms with E-state index in [-0.39, 0.29) is 5.69 Å². The summed E-state index contributed by atoms with van der Waals surface area (Å²) in [6, 6.07) is 14.6. The highest BCUT2D eigenvalue weighted by atomic mass is 16.6. The Morgan fingerprint density at radius 2 is 1.79 bits per heavy atom. The zero-order valence-corrected chi connectivity index (χ0v) is 12.3. The lowest BCUT2D eigenvalue weighted by Gasteiger charge is -2.13. The van der Waals surface area contributed by atoms with Crippen LogP contribution in [0.25, 0.3) is 0 Å². The van der Waals surface area contributed by atoms with Gasteiger partial charge in [0.25, 0.3) is 5.69 Å². The quantitative estimate of drug-likeness (QED) is 0.492. The van der Waals surface area contributed by atoms with Crippen LogP contribution in [0.15, 0.2) is 64.8 Å². The average Bonchev–Trinajstić information content (AvgIpc) is 2.59.